The first-order valence-corrected chi connectivity index (χ1v) is 14.3. The Bertz CT molecular complexity index is 1110. The van der Waals surface area contributed by atoms with E-state index in [9.17, 15) is 23.1 Å². The molecule has 212 valence electrons. The Morgan fingerprint density at radius 1 is 0.949 bits per heavy atom. The van der Waals surface area contributed by atoms with E-state index in [-0.39, 0.29) is 25.3 Å². The number of hydrogen-bond acceptors (Lipinski definition) is 4. The highest BCUT2D eigenvalue weighted by Gasteiger charge is 2.58. The molecule has 2 aromatic carbocycles. The van der Waals surface area contributed by atoms with Crippen molar-refractivity contribution in [1.29, 1.82) is 0 Å². The number of amides is 1. The number of likely N-dealkylation sites (tertiary alicyclic amines) is 2. The molecule has 39 heavy (non-hydrogen) atoms. The summed E-state index contributed by atoms with van der Waals surface area (Å²) in [6.45, 7) is 3.62. The molecule has 5 rings (SSSR count). The van der Waals surface area contributed by atoms with E-state index in [1.807, 2.05) is 29.2 Å². The Hall–Kier alpha value is -2.58. The van der Waals surface area contributed by atoms with Gasteiger partial charge in [-0.15, -0.1) is 0 Å². The van der Waals surface area contributed by atoms with Gasteiger partial charge in [0.1, 0.15) is 0 Å². The lowest BCUT2D eigenvalue weighted by Gasteiger charge is -2.47. The molecule has 0 bridgehead atoms. The van der Waals surface area contributed by atoms with Gasteiger partial charge in [-0.25, -0.2) is 0 Å². The van der Waals surface area contributed by atoms with Crippen molar-refractivity contribution in [3.8, 4) is 11.1 Å². The lowest BCUT2D eigenvalue weighted by atomic mass is 9.67. The number of carbonyl (C=O) groups excluding carboxylic acids is 1. The van der Waals surface area contributed by atoms with Crippen LogP contribution in [0.25, 0.3) is 11.1 Å². The van der Waals surface area contributed by atoms with Gasteiger partial charge in [0.2, 0.25) is 0 Å². The van der Waals surface area contributed by atoms with E-state index in [1.165, 1.54) is 0 Å². The fourth-order valence-corrected chi connectivity index (χ4v) is 6.42. The number of anilines is 1. The third kappa shape index (κ3) is 6.27. The largest absolute Gasteiger partial charge is 0.395 e. The number of carbonyl (C=O) groups is 1. The zero-order chi connectivity index (χ0) is 27.6. The van der Waals surface area contributed by atoms with Gasteiger partial charge in [0, 0.05) is 44.5 Å². The molecule has 8 heteroatoms. The molecular weight excluding hydrogens is 503 g/mol. The molecule has 0 aromatic heterocycles. The number of rotatable bonds is 7. The number of aliphatic hydroxyl groups is 1. The maximum absolute atomic E-state index is 13.6. The zero-order valence-electron chi connectivity index (χ0n) is 22.8. The normalized spacial score (nSPS) is 22.4. The summed E-state index contributed by atoms with van der Waals surface area (Å²) in [5, 5.41) is 9.87. The van der Waals surface area contributed by atoms with Gasteiger partial charge in [0.25, 0.3) is 5.91 Å². The Kier molecular flexibility index (Phi) is 8.24. The highest BCUT2D eigenvalue weighted by atomic mass is 19.4. The molecule has 5 nitrogen and oxygen atoms in total. The number of halogens is 3. The summed E-state index contributed by atoms with van der Waals surface area (Å²) < 4.78 is 40.7. The van der Waals surface area contributed by atoms with Crippen molar-refractivity contribution in [2.45, 2.75) is 57.2 Å². The van der Waals surface area contributed by atoms with Crippen molar-refractivity contribution in [2.75, 3.05) is 51.2 Å². The molecule has 0 radical (unpaired) electrons. The number of β-amino-alcohol motifs (C(OH)–C–C–N with tert-alkyl or cyclic N) is 1. The minimum absolute atomic E-state index is 0.0361. The summed E-state index contributed by atoms with van der Waals surface area (Å²) in [5.74, 6) is 0.436. The topological polar surface area (TPSA) is 47.0 Å². The fraction of sp³-hybridized carbons (Fsp3) is 0.581. The molecule has 1 aliphatic carbocycles. The Morgan fingerprint density at radius 2 is 1.56 bits per heavy atom. The van der Waals surface area contributed by atoms with Gasteiger partial charge >= 0.3 is 6.18 Å². The highest BCUT2D eigenvalue weighted by Crippen LogP contribution is 2.53. The molecule has 1 saturated carbocycles. The van der Waals surface area contributed by atoms with E-state index >= 15 is 0 Å². The second-order valence-corrected chi connectivity index (χ2v) is 11.9. The van der Waals surface area contributed by atoms with Crippen LogP contribution in [0.3, 0.4) is 0 Å². The number of benzene rings is 2. The van der Waals surface area contributed by atoms with E-state index < -0.39 is 17.7 Å². The third-order valence-electron chi connectivity index (χ3n) is 9.13. The Labute approximate surface area is 229 Å². The van der Waals surface area contributed by atoms with Crippen molar-refractivity contribution in [3.05, 3.63) is 54.1 Å². The molecule has 2 aromatic rings. The number of alkyl halides is 3. The average Bonchev–Trinajstić information content (AvgIpc) is 2.90. The van der Waals surface area contributed by atoms with Crippen LogP contribution in [0.4, 0.5) is 18.9 Å². The van der Waals surface area contributed by atoms with Crippen LogP contribution in [0.15, 0.2) is 48.5 Å². The smallest absolute Gasteiger partial charge is 0.391 e. The van der Waals surface area contributed by atoms with Crippen LogP contribution in [0.1, 0.15) is 55.3 Å². The summed E-state index contributed by atoms with van der Waals surface area (Å²) in [4.78, 5) is 18.8. The number of piperidine rings is 2. The minimum atomic E-state index is -4.09. The van der Waals surface area contributed by atoms with Crippen molar-refractivity contribution < 1.29 is 23.1 Å². The first-order chi connectivity index (χ1) is 18.6. The second kappa shape index (κ2) is 11.5. The van der Waals surface area contributed by atoms with Crippen LogP contribution in [0.2, 0.25) is 0 Å². The molecule has 2 heterocycles. The van der Waals surface area contributed by atoms with Crippen LogP contribution in [0.5, 0.6) is 0 Å². The van der Waals surface area contributed by atoms with Crippen LogP contribution < -0.4 is 4.90 Å². The number of aliphatic hydroxyl groups excluding tert-OH is 1. The molecule has 2 aliphatic heterocycles. The first-order valence-electron chi connectivity index (χ1n) is 14.3. The molecule has 1 amide bonds. The highest BCUT2D eigenvalue weighted by molar-refractivity contribution is 5.94. The van der Waals surface area contributed by atoms with E-state index in [1.54, 1.807) is 4.90 Å². The lowest BCUT2D eigenvalue weighted by molar-refractivity contribution is -0.256. The predicted octanol–water partition coefficient (Wildman–Crippen LogP) is 5.83. The first kappa shape index (κ1) is 28.0. The van der Waals surface area contributed by atoms with Crippen molar-refractivity contribution in [1.82, 2.24) is 9.80 Å². The van der Waals surface area contributed by atoms with Crippen LogP contribution in [-0.4, -0.2) is 79.4 Å². The molecule has 2 saturated heterocycles. The SMILES string of the molecule is CN(CC1CCN(CC2(C(F)(F)F)CCC2)CC1)c1ccc(-c2ccc(C(=O)N3CCC[C@@H](O)C3)cc2)cc1. The van der Waals surface area contributed by atoms with Crippen LogP contribution in [-0.2, 0) is 0 Å². The quantitative estimate of drug-likeness (QED) is 0.477. The van der Waals surface area contributed by atoms with E-state index in [4.69, 9.17) is 0 Å². The van der Waals surface area contributed by atoms with Crippen molar-refractivity contribution in [2.24, 2.45) is 11.3 Å². The van der Waals surface area contributed by atoms with Crippen molar-refractivity contribution in [3.63, 3.8) is 0 Å². The molecule has 1 N–H and O–H groups in total. The molecule has 3 aliphatic rings. The number of hydrogen-bond donors (Lipinski definition) is 1. The maximum atomic E-state index is 13.6. The lowest BCUT2D eigenvalue weighted by Crippen LogP contribution is -2.53. The monoisotopic (exact) mass is 543 g/mol. The second-order valence-electron chi connectivity index (χ2n) is 11.9. The van der Waals surface area contributed by atoms with Gasteiger partial charge in [-0.2, -0.15) is 13.2 Å². The summed E-state index contributed by atoms with van der Waals surface area (Å²) >= 11 is 0. The average molecular weight is 544 g/mol. The zero-order valence-corrected chi connectivity index (χ0v) is 22.8. The maximum Gasteiger partial charge on any atom is 0.395 e. The summed E-state index contributed by atoms with van der Waals surface area (Å²) in [6, 6.07) is 16.0. The summed E-state index contributed by atoms with van der Waals surface area (Å²) in [6.07, 6.45) is 0.152. The van der Waals surface area contributed by atoms with Gasteiger partial charge in [-0.1, -0.05) is 30.7 Å². The molecule has 1 atom stereocenters. The van der Waals surface area contributed by atoms with E-state index in [2.05, 4.69) is 36.2 Å². The standard InChI is InChI=1S/C31H40F3N3O2/c1-35(20-23-13-18-36(19-14-23)22-30(15-3-16-30)31(32,33)34)27-11-9-25(10-12-27)24-5-7-26(8-6-24)29(39)37-17-2-4-28(38)21-37/h5-12,23,28,38H,2-4,13-22H2,1H3/t28-/m1/s1. The van der Waals surface area contributed by atoms with Gasteiger partial charge in [-0.05, 0) is 92.9 Å². The van der Waals surface area contributed by atoms with Crippen molar-refractivity contribution >= 4 is 11.6 Å². The minimum Gasteiger partial charge on any atom is -0.391 e. The van der Waals surface area contributed by atoms with Gasteiger partial charge in [-0.3, -0.25) is 4.79 Å². The molecule has 3 fully saturated rings. The molecule has 0 unspecified atom stereocenters. The predicted molar refractivity (Wildman–Crippen MR) is 148 cm³/mol. The summed E-state index contributed by atoms with van der Waals surface area (Å²) in [5.41, 5.74) is 2.39. The van der Waals surface area contributed by atoms with E-state index in [0.717, 1.165) is 62.1 Å². The Morgan fingerprint density at radius 3 is 2.10 bits per heavy atom. The fourth-order valence-electron chi connectivity index (χ4n) is 6.42. The van der Waals surface area contributed by atoms with Gasteiger partial charge < -0.3 is 19.8 Å². The van der Waals surface area contributed by atoms with Crippen LogP contribution >= 0.6 is 0 Å². The third-order valence-corrected chi connectivity index (χ3v) is 9.13. The van der Waals surface area contributed by atoms with Gasteiger partial charge in [0.05, 0.1) is 11.5 Å². The Balaban J connectivity index is 1.11. The van der Waals surface area contributed by atoms with Crippen LogP contribution in [0, 0.1) is 11.3 Å². The van der Waals surface area contributed by atoms with E-state index in [0.29, 0.717) is 31.0 Å². The summed E-state index contributed by atoms with van der Waals surface area (Å²) in [7, 11) is 2.08. The molecular formula is C31H40F3N3O2. The molecule has 0 spiro atoms. The number of nitrogens with zero attached hydrogens (tertiary/aromatic N) is 3. The van der Waals surface area contributed by atoms with Gasteiger partial charge in [0.15, 0.2) is 0 Å².